The van der Waals surface area contributed by atoms with Crippen molar-refractivity contribution in [2.24, 2.45) is 0 Å². The number of hydrogen-bond donors (Lipinski definition) is 0. The molecule has 37 heavy (non-hydrogen) atoms. The number of para-hydroxylation sites is 2. The highest BCUT2D eigenvalue weighted by atomic mass is 16.3. The van der Waals surface area contributed by atoms with Gasteiger partial charge in [0.2, 0.25) is 5.71 Å². The molecule has 0 saturated carbocycles. The molecule has 0 atom stereocenters. The molecule has 2 heterocycles. The minimum atomic E-state index is 0.0170. The summed E-state index contributed by atoms with van der Waals surface area (Å²) in [4.78, 5) is 0. The number of nitrogens with zero attached hydrogens (tertiary/aromatic N) is 1. The molecule has 0 fully saturated rings. The van der Waals surface area contributed by atoms with Crippen LogP contribution in [0.3, 0.4) is 0 Å². The lowest BCUT2D eigenvalue weighted by Gasteiger charge is -2.21. The molecular formula is C35H25NO. The summed E-state index contributed by atoms with van der Waals surface area (Å²) in [6, 6.07) is 41.5. The minimum Gasteiger partial charge on any atom is -0.439 e. The fourth-order valence-corrected chi connectivity index (χ4v) is 6.40. The maximum atomic E-state index is 6.45. The van der Waals surface area contributed by atoms with Crippen LogP contribution in [0.4, 0.5) is 0 Å². The normalized spacial score (nSPS) is 13.9. The second kappa shape index (κ2) is 7.24. The van der Waals surface area contributed by atoms with Gasteiger partial charge >= 0.3 is 0 Å². The van der Waals surface area contributed by atoms with Crippen LogP contribution in [-0.4, -0.2) is 4.57 Å². The predicted octanol–water partition coefficient (Wildman–Crippen LogP) is 9.50. The maximum Gasteiger partial charge on any atom is 0.213 e. The maximum absolute atomic E-state index is 6.45. The smallest absolute Gasteiger partial charge is 0.213 e. The van der Waals surface area contributed by atoms with Gasteiger partial charge in [-0.1, -0.05) is 92.7 Å². The van der Waals surface area contributed by atoms with Gasteiger partial charge in [0.25, 0.3) is 0 Å². The monoisotopic (exact) mass is 475 g/mol. The second-order valence-electron chi connectivity index (χ2n) is 10.6. The van der Waals surface area contributed by atoms with Gasteiger partial charge in [-0.25, -0.2) is 0 Å². The van der Waals surface area contributed by atoms with Gasteiger partial charge in [0, 0.05) is 21.9 Å². The van der Waals surface area contributed by atoms with Crippen LogP contribution in [0.5, 0.6) is 0 Å². The Bertz CT molecular complexity index is 2000. The molecule has 0 radical (unpaired) electrons. The first-order valence-corrected chi connectivity index (χ1v) is 12.9. The molecule has 0 amide bonds. The van der Waals surface area contributed by atoms with E-state index in [-0.39, 0.29) is 5.41 Å². The Labute approximate surface area is 215 Å². The van der Waals surface area contributed by atoms with Crippen molar-refractivity contribution in [3.05, 3.63) is 126 Å². The van der Waals surface area contributed by atoms with Crippen LogP contribution in [0.1, 0.15) is 25.0 Å². The van der Waals surface area contributed by atoms with E-state index >= 15 is 0 Å². The van der Waals surface area contributed by atoms with Crippen molar-refractivity contribution in [1.29, 1.82) is 0 Å². The van der Waals surface area contributed by atoms with Crippen LogP contribution in [0.15, 0.2) is 120 Å². The van der Waals surface area contributed by atoms with E-state index < -0.39 is 0 Å². The molecule has 0 spiro atoms. The third kappa shape index (κ3) is 2.76. The topological polar surface area (TPSA) is 18.1 Å². The molecule has 5 aromatic carbocycles. The SMILES string of the molecule is CC1(C)c2ccccc2-c2cc(-c3ccc4c(c3)c3c5ccccc5oc3n4-c3ccccc3)ccc21. The van der Waals surface area contributed by atoms with Crippen LogP contribution >= 0.6 is 0 Å². The second-order valence-corrected chi connectivity index (χ2v) is 10.6. The average Bonchev–Trinajstić information content (AvgIpc) is 3.54. The highest BCUT2D eigenvalue weighted by molar-refractivity contribution is 6.20. The average molecular weight is 476 g/mol. The highest BCUT2D eigenvalue weighted by Gasteiger charge is 2.35. The van der Waals surface area contributed by atoms with Crippen molar-refractivity contribution < 1.29 is 4.42 Å². The Kier molecular flexibility index (Phi) is 4.03. The first-order valence-electron chi connectivity index (χ1n) is 12.9. The van der Waals surface area contributed by atoms with Gasteiger partial charge in [-0.3, -0.25) is 4.57 Å². The van der Waals surface area contributed by atoms with Crippen molar-refractivity contribution in [2.45, 2.75) is 19.3 Å². The summed E-state index contributed by atoms with van der Waals surface area (Å²) in [6.45, 7) is 4.66. The van der Waals surface area contributed by atoms with Gasteiger partial charge in [0.15, 0.2) is 0 Å². The van der Waals surface area contributed by atoms with Crippen LogP contribution in [0.2, 0.25) is 0 Å². The van der Waals surface area contributed by atoms with Crippen LogP contribution in [0.25, 0.3) is 60.9 Å². The van der Waals surface area contributed by atoms with E-state index in [4.69, 9.17) is 4.42 Å². The largest absolute Gasteiger partial charge is 0.439 e. The number of rotatable bonds is 2. The Hall–Kier alpha value is -4.56. The summed E-state index contributed by atoms with van der Waals surface area (Å²) in [5.74, 6) is 0. The van der Waals surface area contributed by atoms with E-state index in [1.807, 2.05) is 6.07 Å². The molecule has 0 N–H and O–H groups in total. The molecule has 2 heteroatoms. The van der Waals surface area contributed by atoms with E-state index in [9.17, 15) is 0 Å². The zero-order valence-electron chi connectivity index (χ0n) is 20.8. The van der Waals surface area contributed by atoms with Crippen molar-refractivity contribution in [2.75, 3.05) is 0 Å². The molecule has 0 bridgehead atoms. The van der Waals surface area contributed by atoms with E-state index in [1.165, 1.54) is 44.2 Å². The molecule has 8 rings (SSSR count). The number of aromatic nitrogens is 1. The Morgan fingerprint density at radius 3 is 2.19 bits per heavy atom. The Morgan fingerprint density at radius 1 is 0.595 bits per heavy atom. The molecule has 176 valence electrons. The first-order chi connectivity index (χ1) is 18.1. The summed E-state index contributed by atoms with van der Waals surface area (Å²) in [5.41, 5.74) is 12.0. The summed E-state index contributed by atoms with van der Waals surface area (Å²) in [7, 11) is 0. The standard InChI is InChI=1S/C35H25NO/c1-35(2)29-14-8-6-12-25(29)27-20-22(16-18-30(27)35)23-17-19-31-28(21-23)33-26-13-7-9-15-32(26)37-34(33)36(31)24-10-4-3-5-11-24/h3-21H,1-2H3. The van der Waals surface area contributed by atoms with Gasteiger partial charge in [0.1, 0.15) is 5.58 Å². The molecule has 0 aliphatic heterocycles. The van der Waals surface area contributed by atoms with Crippen LogP contribution < -0.4 is 0 Å². The fourth-order valence-electron chi connectivity index (χ4n) is 6.40. The summed E-state index contributed by atoms with van der Waals surface area (Å²) in [6.07, 6.45) is 0. The van der Waals surface area contributed by atoms with Gasteiger partial charge in [-0.05, 0) is 69.8 Å². The predicted molar refractivity (Wildman–Crippen MR) is 154 cm³/mol. The van der Waals surface area contributed by atoms with Crippen LogP contribution in [0, 0.1) is 0 Å². The Morgan fingerprint density at radius 2 is 1.30 bits per heavy atom. The van der Waals surface area contributed by atoms with Gasteiger partial charge in [0.05, 0.1) is 10.9 Å². The van der Waals surface area contributed by atoms with Crippen molar-refractivity contribution in [3.63, 3.8) is 0 Å². The summed E-state index contributed by atoms with van der Waals surface area (Å²) < 4.78 is 8.70. The summed E-state index contributed by atoms with van der Waals surface area (Å²) >= 11 is 0. The van der Waals surface area contributed by atoms with Gasteiger partial charge in [-0.15, -0.1) is 0 Å². The van der Waals surface area contributed by atoms with E-state index in [2.05, 4.69) is 128 Å². The Balaban J connectivity index is 1.40. The molecule has 0 unspecified atom stereocenters. The lowest BCUT2D eigenvalue weighted by molar-refractivity contribution is 0.645. The first kappa shape index (κ1) is 20.6. The zero-order chi connectivity index (χ0) is 24.7. The van der Waals surface area contributed by atoms with Gasteiger partial charge < -0.3 is 4.42 Å². The highest BCUT2D eigenvalue weighted by Crippen LogP contribution is 2.49. The lowest BCUT2D eigenvalue weighted by Crippen LogP contribution is -2.14. The third-order valence-corrected chi connectivity index (χ3v) is 8.22. The molecule has 7 aromatic rings. The van der Waals surface area contributed by atoms with Crippen LogP contribution in [-0.2, 0) is 5.41 Å². The molecule has 2 nitrogen and oxygen atoms in total. The number of fused-ring (bicyclic) bond motifs is 8. The molecule has 1 aliphatic rings. The third-order valence-electron chi connectivity index (χ3n) is 8.22. The van der Waals surface area contributed by atoms with E-state index in [0.717, 1.165) is 27.9 Å². The number of furan rings is 1. The zero-order valence-corrected chi connectivity index (χ0v) is 20.8. The van der Waals surface area contributed by atoms with Crippen molar-refractivity contribution in [3.8, 4) is 27.9 Å². The number of benzene rings is 5. The van der Waals surface area contributed by atoms with Gasteiger partial charge in [-0.2, -0.15) is 0 Å². The molecular weight excluding hydrogens is 450 g/mol. The minimum absolute atomic E-state index is 0.0170. The fraction of sp³-hybridized carbons (Fsp3) is 0.0857. The molecule has 0 saturated heterocycles. The lowest BCUT2D eigenvalue weighted by atomic mass is 9.82. The van der Waals surface area contributed by atoms with Crippen molar-refractivity contribution in [1.82, 2.24) is 4.57 Å². The van der Waals surface area contributed by atoms with E-state index in [0.29, 0.717) is 0 Å². The quantitative estimate of drug-likeness (QED) is 0.243. The summed E-state index contributed by atoms with van der Waals surface area (Å²) in [5, 5.41) is 3.53. The molecule has 1 aliphatic carbocycles. The van der Waals surface area contributed by atoms with E-state index in [1.54, 1.807) is 0 Å². The number of hydrogen-bond acceptors (Lipinski definition) is 1. The molecule has 2 aromatic heterocycles. The van der Waals surface area contributed by atoms with Crippen molar-refractivity contribution >= 4 is 33.0 Å².